The van der Waals surface area contributed by atoms with E-state index in [1.54, 1.807) is 10.9 Å². The van der Waals surface area contributed by atoms with Gasteiger partial charge in [-0.25, -0.2) is 0 Å². The van der Waals surface area contributed by atoms with E-state index in [1.165, 1.54) is 0 Å². The third-order valence-corrected chi connectivity index (χ3v) is 5.82. The molecule has 1 aromatic heterocycles. The van der Waals surface area contributed by atoms with Crippen LogP contribution in [0.2, 0.25) is 0 Å². The molecule has 4 rings (SSSR count). The second-order valence-corrected chi connectivity index (χ2v) is 7.58. The number of nitrogens with one attached hydrogen (secondary N) is 2. The first kappa shape index (κ1) is 18.7. The van der Waals surface area contributed by atoms with Crippen LogP contribution in [-0.2, 0) is 21.7 Å². The summed E-state index contributed by atoms with van der Waals surface area (Å²) in [7, 11) is 0. The number of piperidine rings is 2. The monoisotopic (exact) mass is 381 g/mol. The molecule has 7 nitrogen and oxygen atoms in total. The van der Waals surface area contributed by atoms with Crippen molar-refractivity contribution in [2.24, 2.45) is 0 Å². The van der Waals surface area contributed by atoms with Crippen LogP contribution in [0.4, 0.5) is 5.69 Å². The fourth-order valence-corrected chi connectivity index (χ4v) is 4.14. The molecule has 0 bridgehead atoms. The van der Waals surface area contributed by atoms with Crippen LogP contribution >= 0.6 is 0 Å². The summed E-state index contributed by atoms with van der Waals surface area (Å²) >= 11 is 0. The minimum absolute atomic E-state index is 0.00739. The summed E-state index contributed by atoms with van der Waals surface area (Å²) in [5, 5.41) is 10.8. The van der Waals surface area contributed by atoms with E-state index in [2.05, 4.69) is 15.7 Å². The summed E-state index contributed by atoms with van der Waals surface area (Å²) in [6.45, 7) is 2.84. The summed E-state index contributed by atoms with van der Waals surface area (Å²) in [4.78, 5) is 27.0. The molecule has 0 spiro atoms. The molecule has 7 heteroatoms. The maximum Gasteiger partial charge on any atom is 0.248 e. The second-order valence-electron chi connectivity index (χ2n) is 7.58. The van der Waals surface area contributed by atoms with Crippen LogP contribution in [0.25, 0.3) is 0 Å². The van der Waals surface area contributed by atoms with Gasteiger partial charge in [0, 0.05) is 37.6 Å². The molecule has 2 fully saturated rings. The fourth-order valence-electron chi connectivity index (χ4n) is 4.14. The van der Waals surface area contributed by atoms with E-state index in [-0.39, 0.29) is 11.8 Å². The molecule has 0 atom stereocenters. The molecule has 2 aromatic rings. The maximum atomic E-state index is 13.1. The van der Waals surface area contributed by atoms with Crippen LogP contribution in [-0.4, -0.2) is 41.2 Å². The molecular formula is C21H27N5O2. The first-order valence-electron chi connectivity index (χ1n) is 10.1. The molecule has 0 unspecified atom stereocenters. The van der Waals surface area contributed by atoms with Gasteiger partial charge in [-0.1, -0.05) is 12.1 Å². The minimum atomic E-state index is -0.630. The highest BCUT2D eigenvalue weighted by Crippen LogP contribution is 2.27. The van der Waals surface area contributed by atoms with Crippen LogP contribution in [0.5, 0.6) is 0 Å². The average Bonchev–Trinajstić information content (AvgIpc) is 3.29. The van der Waals surface area contributed by atoms with Gasteiger partial charge in [-0.05, 0) is 62.5 Å². The van der Waals surface area contributed by atoms with Crippen molar-refractivity contribution in [2.75, 3.05) is 24.5 Å². The number of nitrogens with zero attached hydrogens (tertiary/aromatic N) is 3. The number of rotatable bonds is 5. The van der Waals surface area contributed by atoms with Crippen molar-refractivity contribution in [1.82, 2.24) is 20.4 Å². The number of hydrogen-bond acceptors (Lipinski definition) is 4. The van der Waals surface area contributed by atoms with Gasteiger partial charge in [0.25, 0.3) is 0 Å². The fraction of sp³-hybridized carbons (Fsp3) is 0.476. The van der Waals surface area contributed by atoms with Crippen molar-refractivity contribution < 1.29 is 9.59 Å². The first-order valence-corrected chi connectivity index (χ1v) is 10.1. The lowest BCUT2D eigenvalue weighted by Crippen LogP contribution is -2.54. The van der Waals surface area contributed by atoms with Crippen LogP contribution in [0.15, 0.2) is 42.7 Å². The van der Waals surface area contributed by atoms with Gasteiger partial charge in [-0.3, -0.25) is 14.3 Å². The summed E-state index contributed by atoms with van der Waals surface area (Å²) in [5.74, 6) is 0.201. The molecule has 148 valence electrons. The number of amides is 2. The predicted molar refractivity (Wildman–Crippen MR) is 107 cm³/mol. The SMILES string of the molecule is O=C1CCCCN1c1ccc(CNC(=O)C2(n3cccn3)CCNCC2)cc1. The molecule has 2 amide bonds. The molecule has 2 saturated heterocycles. The Labute approximate surface area is 165 Å². The molecule has 0 radical (unpaired) electrons. The van der Waals surface area contributed by atoms with Crippen molar-refractivity contribution in [3.8, 4) is 0 Å². The zero-order chi connectivity index (χ0) is 19.4. The van der Waals surface area contributed by atoms with Crippen molar-refractivity contribution in [2.45, 2.75) is 44.2 Å². The highest BCUT2D eigenvalue weighted by Gasteiger charge is 2.41. The van der Waals surface area contributed by atoms with Gasteiger partial charge < -0.3 is 15.5 Å². The smallest absolute Gasteiger partial charge is 0.248 e. The summed E-state index contributed by atoms with van der Waals surface area (Å²) in [6.07, 6.45) is 7.68. The molecule has 28 heavy (non-hydrogen) atoms. The molecule has 1 aromatic carbocycles. The van der Waals surface area contributed by atoms with E-state index in [0.717, 1.165) is 56.6 Å². The molecule has 2 aliphatic rings. The number of aromatic nitrogens is 2. The molecule has 2 aliphatic heterocycles. The Morgan fingerprint density at radius 2 is 1.96 bits per heavy atom. The highest BCUT2D eigenvalue weighted by atomic mass is 16.2. The quantitative estimate of drug-likeness (QED) is 0.828. The number of carbonyl (C=O) groups is 2. The molecule has 0 saturated carbocycles. The van der Waals surface area contributed by atoms with Crippen LogP contribution < -0.4 is 15.5 Å². The lowest BCUT2D eigenvalue weighted by atomic mass is 9.87. The van der Waals surface area contributed by atoms with Crippen molar-refractivity contribution >= 4 is 17.5 Å². The Hall–Kier alpha value is -2.67. The Kier molecular flexibility index (Phi) is 5.43. The minimum Gasteiger partial charge on any atom is -0.350 e. The van der Waals surface area contributed by atoms with Gasteiger partial charge in [0.2, 0.25) is 11.8 Å². The third kappa shape index (κ3) is 3.67. The van der Waals surface area contributed by atoms with E-state index in [1.807, 2.05) is 41.4 Å². The average molecular weight is 381 g/mol. The standard InChI is InChI=1S/C21H27N5O2/c27-19-4-1-2-14-25(19)18-7-5-17(6-8-18)16-23-20(28)21(9-12-22-13-10-21)26-15-3-11-24-26/h3,5-8,11,15,22H,1-2,4,9-10,12-14,16H2,(H,23,28). The van der Waals surface area contributed by atoms with Gasteiger partial charge in [-0.2, -0.15) is 5.10 Å². The van der Waals surface area contributed by atoms with Gasteiger partial charge in [0.15, 0.2) is 0 Å². The number of hydrogen-bond donors (Lipinski definition) is 2. The Balaban J connectivity index is 1.42. The molecular weight excluding hydrogens is 354 g/mol. The molecule has 3 heterocycles. The van der Waals surface area contributed by atoms with Crippen molar-refractivity contribution in [3.63, 3.8) is 0 Å². The Morgan fingerprint density at radius 1 is 1.18 bits per heavy atom. The largest absolute Gasteiger partial charge is 0.350 e. The summed E-state index contributed by atoms with van der Waals surface area (Å²) in [6, 6.07) is 9.77. The van der Waals surface area contributed by atoms with Gasteiger partial charge >= 0.3 is 0 Å². The third-order valence-electron chi connectivity index (χ3n) is 5.82. The van der Waals surface area contributed by atoms with E-state index in [9.17, 15) is 9.59 Å². The lowest BCUT2D eigenvalue weighted by molar-refractivity contribution is -0.132. The van der Waals surface area contributed by atoms with Gasteiger partial charge in [-0.15, -0.1) is 0 Å². The van der Waals surface area contributed by atoms with Crippen molar-refractivity contribution in [3.05, 3.63) is 48.3 Å². The Morgan fingerprint density at radius 3 is 2.64 bits per heavy atom. The van der Waals surface area contributed by atoms with Crippen LogP contribution in [0, 0.1) is 0 Å². The number of anilines is 1. The topological polar surface area (TPSA) is 79.3 Å². The number of benzene rings is 1. The van der Waals surface area contributed by atoms with Gasteiger partial charge in [0.1, 0.15) is 5.54 Å². The maximum absolute atomic E-state index is 13.1. The van der Waals surface area contributed by atoms with Crippen LogP contribution in [0.3, 0.4) is 0 Å². The van der Waals surface area contributed by atoms with Crippen molar-refractivity contribution in [1.29, 1.82) is 0 Å². The van der Waals surface area contributed by atoms with E-state index in [4.69, 9.17) is 0 Å². The van der Waals surface area contributed by atoms with E-state index >= 15 is 0 Å². The highest BCUT2D eigenvalue weighted by molar-refractivity contribution is 5.94. The lowest BCUT2D eigenvalue weighted by Gasteiger charge is -2.36. The number of carbonyl (C=O) groups excluding carboxylic acids is 2. The van der Waals surface area contributed by atoms with E-state index in [0.29, 0.717) is 13.0 Å². The summed E-state index contributed by atoms with van der Waals surface area (Å²) < 4.78 is 1.80. The zero-order valence-electron chi connectivity index (χ0n) is 16.1. The summed E-state index contributed by atoms with van der Waals surface area (Å²) in [5.41, 5.74) is 1.33. The first-order chi connectivity index (χ1) is 13.7. The van der Waals surface area contributed by atoms with Crippen LogP contribution in [0.1, 0.15) is 37.7 Å². The predicted octanol–water partition coefficient (Wildman–Crippen LogP) is 1.80. The Bertz CT molecular complexity index is 810. The second kappa shape index (κ2) is 8.14. The zero-order valence-corrected chi connectivity index (χ0v) is 16.1. The van der Waals surface area contributed by atoms with Gasteiger partial charge in [0.05, 0.1) is 0 Å². The normalized spacial score (nSPS) is 19.4. The molecule has 0 aliphatic carbocycles. The molecule has 2 N–H and O–H groups in total. The van der Waals surface area contributed by atoms with E-state index < -0.39 is 5.54 Å².